The highest BCUT2D eigenvalue weighted by Gasteiger charge is 2.29. The summed E-state index contributed by atoms with van der Waals surface area (Å²) in [5, 5.41) is 2.77. The molecule has 1 N–H and O–H groups in total. The van der Waals surface area contributed by atoms with Crippen molar-refractivity contribution in [2.45, 2.75) is 51.6 Å². The first-order chi connectivity index (χ1) is 16.4. The van der Waals surface area contributed by atoms with E-state index in [-0.39, 0.29) is 11.8 Å². The molecule has 0 aromatic heterocycles. The lowest BCUT2D eigenvalue weighted by atomic mass is 9.99. The number of halogens is 1. The van der Waals surface area contributed by atoms with Crippen molar-refractivity contribution in [3.8, 4) is 0 Å². The Morgan fingerprint density at radius 2 is 1.47 bits per heavy atom. The van der Waals surface area contributed by atoms with Gasteiger partial charge in [0.2, 0.25) is 11.8 Å². The van der Waals surface area contributed by atoms with Crippen LogP contribution < -0.4 is 5.32 Å². The smallest absolute Gasteiger partial charge is 0.242 e. The minimum Gasteiger partial charge on any atom is -0.357 e. The number of carbonyl (C=O) groups is 2. The zero-order chi connectivity index (χ0) is 24.5. The summed E-state index contributed by atoms with van der Waals surface area (Å²) in [6.07, 6.45) is 1.45. The van der Waals surface area contributed by atoms with Crippen LogP contribution >= 0.6 is 15.9 Å². The number of nitrogens with one attached hydrogen (secondary N) is 1. The molecular weight excluding hydrogens is 488 g/mol. The first-order valence-corrected chi connectivity index (χ1v) is 12.5. The maximum atomic E-state index is 13.6. The first kappa shape index (κ1) is 25.7. The van der Waals surface area contributed by atoms with Crippen LogP contribution in [0.3, 0.4) is 0 Å². The maximum absolute atomic E-state index is 13.6. The van der Waals surface area contributed by atoms with Crippen molar-refractivity contribution in [2.24, 2.45) is 0 Å². The second-order valence-electron chi connectivity index (χ2n) is 8.86. The predicted octanol–water partition coefficient (Wildman–Crippen LogP) is 5.89. The Kier molecular flexibility index (Phi) is 9.46. The zero-order valence-electron chi connectivity index (χ0n) is 20.1. The molecule has 1 atom stereocenters. The fraction of sp³-hybridized carbons (Fsp3) is 0.310. The number of aryl methyl sites for hydroxylation is 1. The molecule has 0 spiro atoms. The van der Waals surface area contributed by atoms with Crippen LogP contribution in [0.2, 0.25) is 0 Å². The molecular formula is C29H33BrN2O2. The van der Waals surface area contributed by atoms with Crippen molar-refractivity contribution >= 4 is 27.7 Å². The normalized spacial score (nSPS) is 11.8. The third-order valence-corrected chi connectivity index (χ3v) is 6.59. The highest BCUT2D eigenvalue weighted by atomic mass is 79.9. The van der Waals surface area contributed by atoms with Crippen LogP contribution in [0.25, 0.3) is 0 Å². The van der Waals surface area contributed by atoms with Crippen LogP contribution in [-0.2, 0) is 29.0 Å². The van der Waals surface area contributed by atoms with Crippen molar-refractivity contribution in [3.05, 3.63) is 106 Å². The Morgan fingerprint density at radius 3 is 2.06 bits per heavy atom. The van der Waals surface area contributed by atoms with Crippen molar-refractivity contribution in [3.63, 3.8) is 0 Å². The Balaban J connectivity index is 1.83. The van der Waals surface area contributed by atoms with Gasteiger partial charge in [0.05, 0.1) is 0 Å². The highest BCUT2D eigenvalue weighted by molar-refractivity contribution is 9.10. The molecule has 3 aromatic rings. The lowest BCUT2D eigenvalue weighted by molar-refractivity contribution is -0.141. The molecule has 0 aliphatic carbocycles. The molecule has 5 heteroatoms. The Bertz CT molecular complexity index is 1060. The van der Waals surface area contributed by atoms with Crippen molar-refractivity contribution in [1.82, 2.24) is 10.2 Å². The maximum Gasteiger partial charge on any atom is 0.242 e. The molecule has 4 nitrogen and oxygen atoms in total. The van der Waals surface area contributed by atoms with Gasteiger partial charge in [-0.25, -0.2) is 0 Å². The monoisotopic (exact) mass is 520 g/mol. The third kappa shape index (κ3) is 7.29. The van der Waals surface area contributed by atoms with Gasteiger partial charge in [-0.1, -0.05) is 96.5 Å². The van der Waals surface area contributed by atoms with Gasteiger partial charge in [-0.2, -0.15) is 0 Å². The van der Waals surface area contributed by atoms with Crippen LogP contribution in [0.5, 0.6) is 0 Å². The SMILES string of the molecule is CNC(=O)[C@H](Cc1ccccc1)N(Cc1ccc(Br)cc1)C(=O)CCc1ccc(C(C)C)cc1. The molecule has 0 fully saturated rings. The third-order valence-electron chi connectivity index (χ3n) is 6.06. The standard InChI is InChI=1S/C29H33BrN2O2/c1-21(2)25-14-9-22(10-15-25)13-18-28(33)32(20-24-11-16-26(30)17-12-24)27(29(34)31-3)19-23-7-5-4-6-8-23/h4-12,14-17,21,27H,13,18-20H2,1-3H3,(H,31,34)/t27-/m0/s1. The highest BCUT2D eigenvalue weighted by Crippen LogP contribution is 2.19. The summed E-state index contributed by atoms with van der Waals surface area (Å²) >= 11 is 3.47. The number of nitrogens with zero attached hydrogens (tertiary/aromatic N) is 1. The molecule has 2 amide bonds. The number of rotatable bonds is 10. The Labute approximate surface area is 211 Å². The van der Waals surface area contributed by atoms with E-state index in [1.54, 1.807) is 11.9 Å². The Hall–Kier alpha value is -2.92. The largest absolute Gasteiger partial charge is 0.357 e. The topological polar surface area (TPSA) is 49.4 Å². The zero-order valence-corrected chi connectivity index (χ0v) is 21.7. The number of carbonyl (C=O) groups excluding carboxylic acids is 2. The second kappa shape index (κ2) is 12.5. The van der Waals surface area contributed by atoms with E-state index in [9.17, 15) is 9.59 Å². The molecule has 3 rings (SSSR count). The minimum atomic E-state index is -0.591. The van der Waals surface area contributed by atoms with Crippen LogP contribution in [0.4, 0.5) is 0 Å². The summed E-state index contributed by atoms with van der Waals surface area (Å²) in [4.78, 5) is 28.3. The van der Waals surface area contributed by atoms with E-state index in [2.05, 4.69) is 59.4 Å². The van der Waals surface area contributed by atoms with Gasteiger partial charge in [0.25, 0.3) is 0 Å². The molecule has 3 aromatic carbocycles. The molecule has 0 radical (unpaired) electrons. The van der Waals surface area contributed by atoms with Crippen molar-refractivity contribution < 1.29 is 9.59 Å². The first-order valence-electron chi connectivity index (χ1n) is 11.8. The van der Waals surface area contributed by atoms with Crippen molar-refractivity contribution in [1.29, 1.82) is 0 Å². The second-order valence-corrected chi connectivity index (χ2v) is 9.78. The molecule has 0 aliphatic heterocycles. The number of benzene rings is 3. The quantitative estimate of drug-likeness (QED) is 0.362. The van der Waals surface area contributed by atoms with Gasteiger partial charge in [0, 0.05) is 30.9 Å². The van der Waals surface area contributed by atoms with Crippen LogP contribution in [0.1, 0.15) is 48.4 Å². The summed E-state index contributed by atoms with van der Waals surface area (Å²) in [5.74, 6) is 0.291. The van der Waals surface area contributed by atoms with Crippen LogP contribution in [-0.4, -0.2) is 29.8 Å². The predicted molar refractivity (Wildman–Crippen MR) is 142 cm³/mol. The summed E-state index contributed by atoms with van der Waals surface area (Å²) in [6, 6.07) is 25.6. The average molecular weight is 521 g/mol. The fourth-order valence-electron chi connectivity index (χ4n) is 3.97. The van der Waals surface area contributed by atoms with Gasteiger partial charge in [0.1, 0.15) is 6.04 Å². The fourth-order valence-corrected chi connectivity index (χ4v) is 4.24. The molecule has 178 valence electrons. The molecule has 0 saturated carbocycles. The summed E-state index contributed by atoms with van der Waals surface area (Å²) in [6.45, 7) is 4.72. The van der Waals surface area contributed by atoms with Gasteiger partial charge in [0.15, 0.2) is 0 Å². The molecule has 0 saturated heterocycles. The van der Waals surface area contributed by atoms with Gasteiger partial charge in [-0.15, -0.1) is 0 Å². The number of hydrogen-bond acceptors (Lipinski definition) is 2. The van der Waals surface area contributed by atoms with Gasteiger partial charge >= 0.3 is 0 Å². The molecule has 0 bridgehead atoms. The average Bonchev–Trinajstić information content (AvgIpc) is 2.86. The van der Waals surface area contributed by atoms with Crippen LogP contribution in [0, 0.1) is 0 Å². The van der Waals surface area contributed by atoms with E-state index >= 15 is 0 Å². The van der Waals surface area contributed by atoms with Gasteiger partial charge < -0.3 is 10.2 Å². The van der Waals surface area contributed by atoms with E-state index in [0.29, 0.717) is 31.7 Å². The number of amides is 2. The van der Waals surface area contributed by atoms with Crippen LogP contribution in [0.15, 0.2) is 83.3 Å². The van der Waals surface area contributed by atoms with Crippen molar-refractivity contribution in [2.75, 3.05) is 7.05 Å². The lowest BCUT2D eigenvalue weighted by Gasteiger charge is -2.31. The minimum absolute atomic E-state index is 0.0274. The van der Waals surface area contributed by atoms with E-state index in [0.717, 1.165) is 21.2 Å². The molecule has 0 heterocycles. The Morgan fingerprint density at radius 1 is 0.853 bits per heavy atom. The lowest BCUT2D eigenvalue weighted by Crippen LogP contribution is -2.49. The van der Waals surface area contributed by atoms with E-state index in [1.165, 1.54) is 5.56 Å². The molecule has 0 aliphatic rings. The number of hydrogen-bond donors (Lipinski definition) is 1. The van der Waals surface area contributed by atoms with Gasteiger partial charge in [-0.05, 0) is 46.7 Å². The van der Waals surface area contributed by atoms with E-state index in [1.807, 2.05) is 54.6 Å². The van der Waals surface area contributed by atoms with Gasteiger partial charge in [-0.3, -0.25) is 9.59 Å². The van der Waals surface area contributed by atoms with E-state index in [4.69, 9.17) is 0 Å². The summed E-state index contributed by atoms with van der Waals surface area (Å²) in [7, 11) is 1.62. The van der Waals surface area contributed by atoms with E-state index < -0.39 is 6.04 Å². The molecule has 0 unspecified atom stereocenters. The molecule has 34 heavy (non-hydrogen) atoms. The number of likely N-dealkylation sites (N-methyl/N-ethyl adjacent to an activating group) is 1. The summed E-state index contributed by atoms with van der Waals surface area (Å²) in [5.41, 5.74) is 4.42. The summed E-state index contributed by atoms with van der Waals surface area (Å²) < 4.78 is 0.978.